The third kappa shape index (κ3) is 6.78. The van der Waals surface area contributed by atoms with E-state index in [-0.39, 0.29) is 12.2 Å². The van der Waals surface area contributed by atoms with E-state index in [9.17, 15) is 19.5 Å². The van der Waals surface area contributed by atoms with E-state index in [2.05, 4.69) is 16.0 Å². The van der Waals surface area contributed by atoms with Gasteiger partial charge in [-0.1, -0.05) is 42.5 Å². The summed E-state index contributed by atoms with van der Waals surface area (Å²) in [6, 6.07) is 14.0. The second-order valence-electron chi connectivity index (χ2n) is 10.6. The van der Waals surface area contributed by atoms with Gasteiger partial charge in [0.25, 0.3) is 0 Å². The Morgan fingerprint density at radius 3 is 2.26 bits per heavy atom. The van der Waals surface area contributed by atoms with E-state index in [4.69, 9.17) is 9.47 Å². The Kier molecular flexibility index (Phi) is 8.50. The van der Waals surface area contributed by atoms with Gasteiger partial charge in [0, 0.05) is 6.42 Å². The maximum atomic E-state index is 13.7. The molecule has 5 atom stereocenters. The van der Waals surface area contributed by atoms with Crippen LogP contribution < -0.4 is 20.7 Å². The van der Waals surface area contributed by atoms with Crippen LogP contribution in [0.1, 0.15) is 37.8 Å². The zero-order chi connectivity index (χ0) is 27.3. The second-order valence-corrected chi connectivity index (χ2v) is 10.6. The Morgan fingerprint density at radius 2 is 1.66 bits per heavy atom. The van der Waals surface area contributed by atoms with Crippen LogP contribution in [0.15, 0.2) is 54.6 Å². The van der Waals surface area contributed by atoms with Crippen molar-refractivity contribution in [3.05, 3.63) is 65.7 Å². The topological polar surface area (TPSA) is 129 Å². The van der Waals surface area contributed by atoms with Crippen molar-refractivity contribution in [3.63, 3.8) is 0 Å². The lowest BCUT2D eigenvalue weighted by atomic mass is 9.87. The number of hydrogen-bond acceptors (Lipinski definition) is 7. The highest BCUT2D eigenvalue weighted by Crippen LogP contribution is 2.29. The minimum Gasteiger partial charge on any atom is -0.497 e. The number of methoxy groups -OCH3 is 1. The fraction of sp³-hybridized carbons (Fsp3) is 0.483. The summed E-state index contributed by atoms with van der Waals surface area (Å²) in [5.74, 6) is -0.483. The van der Waals surface area contributed by atoms with Gasteiger partial charge in [-0.2, -0.15) is 0 Å². The van der Waals surface area contributed by atoms with Crippen LogP contribution in [0.3, 0.4) is 0 Å². The number of benzene rings is 2. The minimum atomic E-state index is -1.24. The van der Waals surface area contributed by atoms with Gasteiger partial charge in [0.1, 0.15) is 23.4 Å². The van der Waals surface area contributed by atoms with Gasteiger partial charge in [0.15, 0.2) is 5.78 Å². The summed E-state index contributed by atoms with van der Waals surface area (Å²) in [6.45, 7) is 4.23. The van der Waals surface area contributed by atoms with Crippen molar-refractivity contribution in [2.45, 2.75) is 68.9 Å². The number of carbonyl (C=O) groups is 3. The van der Waals surface area contributed by atoms with E-state index < -0.39 is 41.1 Å². The predicted octanol–water partition coefficient (Wildman–Crippen LogP) is 1.31. The van der Waals surface area contributed by atoms with Crippen LogP contribution in [-0.2, 0) is 32.0 Å². The molecule has 2 aliphatic heterocycles. The van der Waals surface area contributed by atoms with Crippen LogP contribution in [0, 0.1) is 0 Å². The van der Waals surface area contributed by atoms with Crippen LogP contribution in [0.25, 0.3) is 0 Å². The molecule has 0 aromatic heterocycles. The molecular weight excluding hydrogens is 486 g/mol. The third-order valence-corrected chi connectivity index (χ3v) is 7.34. The summed E-state index contributed by atoms with van der Waals surface area (Å²) in [6.07, 6.45) is 1.71. The Bertz CT molecular complexity index is 1130. The molecule has 4 N–H and O–H groups in total. The van der Waals surface area contributed by atoms with Gasteiger partial charge in [-0.3, -0.25) is 14.4 Å². The Labute approximate surface area is 223 Å². The standard InChI is InChI=1S/C29H37N3O6/c1-28(36)14-7-15-30-24(28)27(35)32-23(17-20-10-12-21(37-3)13-11-20)26(34)31-22(25(33)29(2)18-38-29)16-19-8-5-4-6-9-19/h4-6,8-13,22-24,30,36H,7,14-18H2,1-3H3,(H,31,34)(H,32,35)/t22-,23-,24+,28+,29+/m0/s1. The molecule has 0 radical (unpaired) electrons. The summed E-state index contributed by atoms with van der Waals surface area (Å²) in [5.41, 5.74) is -0.467. The van der Waals surface area contributed by atoms with Crippen molar-refractivity contribution >= 4 is 17.6 Å². The van der Waals surface area contributed by atoms with Crippen LogP contribution >= 0.6 is 0 Å². The zero-order valence-electron chi connectivity index (χ0n) is 22.2. The van der Waals surface area contributed by atoms with Crippen molar-refractivity contribution in [1.29, 1.82) is 0 Å². The molecule has 0 saturated carbocycles. The van der Waals surface area contributed by atoms with Crippen molar-refractivity contribution in [1.82, 2.24) is 16.0 Å². The highest BCUT2D eigenvalue weighted by atomic mass is 16.6. The van der Waals surface area contributed by atoms with Gasteiger partial charge >= 0.3 is 0 Å². The molecule has 9 heteroatoms. The maximum absolute atomic E-state index is 13.7. The molecule has 0 spiro atoms. The van der Waals surface area contributed by atoms with E-state index in [0.29, 0.717) is 31.7 Å². The predicted molar refractivity (Wildman–Crippen MR) is 142 cm³/mol. The summed E-state index contributed by atoms with van der Waals surface area (Å²) in [4.78, 5) is 40.2. The molecule has 2 aromatic carbocycles. The van der Waals surface area contributed by atoms with Gasteiger partial charge in [-0.05, 0) is 62.9 Å². The number of carbonyl (C=O) groups excluding carboxylic acids is 3. The highest BCUT2D eigenvalue weighted by molar-refractivity contribution is 5.98. The molecule has 0 aliphatic carbocycles. The molecular formula is C29H37N3O6. The molecule has 4 rings (SSSR count). The number of ether oxygens (including phenoxy) is 2. The normalized spacial score (nSPS) is 26.1. The smallest absolute Gasteiger partial charge is 0.243 e. The first kappa shape index (κ1) is 27.8. The number of rotatable bonds is 11. The molecule has 2 amide bonds. The molecule has 2 saturated heterocycles. The summed E-state index contributed by atoms with van der Waals surface area (Å²) >= 11 is 0. The van der Waals surface area contributed by atoms with Crippen molar-refractivity contribution in [2.75, 3.05) is 20.3 Å². The number of epoxide rings is 1. The van der Waals surface area contributed by atoms with Gasteiger partial charge in [0.05, 0.1) is 25.4 Å². The molecule has 204 valence electrons. The second kappa shape index (κ2) is 11.6. The molecule has 9 nitrogen and oxygen atoms in total. The number of piperidine rings is 1. The lowest BCUT2D eigenvalue weighted by molar-refractivity contribution is -0.136. The molecule has 0 unspecified atom stereocenters. The van der Waals surface area contributed by atoms with E-state index >= 15 is 0 Å². The van der Waals surface area contributed by atoms with Gasteiger partial charge < -0.3 is 30.5 Å². The SMILES string of the molecule is COc1ccc(C[C@H](NC(=O)[C@H]2NCCC[C@@]2(C)O)C(=O)N[C@@H](Cc2ccccc2)C(=O)[C@@]2(C)CO2)cc1. The summed E-state index contributed by atoms with van der Waals surface area (Å²) in [5, 5.41) is 19.6. The lowest BCUT2D eigenvalue weighted by Gasteiger charge is -2.37. The maximum Gasteiger partial charge on any atom is 0.243 e. The van der Waals surface area contributed by atoms with Gasteiger partial charge in [-0.15, -0.1) is 0 Å². The summed E-state index contributed by atoms with van der Waals surface area (Å²) < 4.78 is 10.6. The van der Waals surface area contributed by atoms with Crippen LogP contribution in [0.5, 0.6) is 5.75 Å². The quantitative estimate of drug-likeness (QED) is 0.327. The first-order valence-corrected chi connectivity index (χ1v) is 13.0. The van der Waals surface area contributed by atoms with Crippen LogP contribution in [0.4, 0.5) is 0 Å². The zero-order valence-corrected chi connectivity index (χ0v) is 22.2. The minimum absolute atomic E-state index is 0.191. The van der Waals surface area contributed by atoms with Gasteiger partial charge in [-0.25, -0.2) is 0 Å². The van der Waals surface area contributed by atoms with Crippen molar-refractivity contribution in [2.24, 2.45) is 0 Å². The molecule has 2 aliphatic rings. The highest BCUT2D eigenvalue weighted by Gasteiger charge is 2.50. The number of aliphatic hydroxyl groups is 1. The van der Waals surface area contributed by atoms with Crippen LogP contribution in [0.2, 0.25) is 0 Å². The Morgan fingerprint density at radius 1 is 1.03 bits per heavy atom. The monoisotopic (exact) mass is 523 g/mol. The molecule has 0 bridgehead atoms. The lowest BCUT2D eigenvalue weighted by Crippen LogP contribution is -2.63. The van der Waals surface area contributed by atoms with E-state index in [1.807, 2.05) is 42.5 Å². The molecule has 38 heavy (non-hydrogen) atoms. The number of ketones is 1. The molecule has 2 heterocycles. The fourth-order valence-electron chi connectivity index (χ4n) is 4.84. The van der Waals surface area contributed by atoms with E-state index in [1.165, 1.54) is 0 Å². The molecule has 2 fully saturated rings. The fourth-order valence-corrected chi connectivity index (χ4v) is 4.84. The Hall–Kier alpha value is -3.27. The summed E-state index contributed by atoms with van der Waals surface area (Å²) in [7, 11) is 1.57. The number of Topliss-reactive ketones (excluding diaryl/α,β-unsaturated/α-hetero) is 1. The first-order valence-electron chi connectivity index (χ1n) is 13.0. The van der Waals surface area contributed by atoms with E-state index in [0.717, 1.165) is 17.5 Å². The van der Waals surface area contributed by atoms with Crippen LogP contribution in [-0.4, -0.2) is 72.3 Å². The molecule has 2 aromatic rings. The number of nitrogens with one attached hydrogen (secondary N) is 3. The first-order chi connectivity index (χ1) is 18.1. The van der Waals surface area contributed by atoms with Crippen molar-refractivity contribution < 1.29 is 29.0 Å². The average Bonchev–Trinajstić information content (AvgIpc) is 3.66. The third-order valence-electron chi connectivity index (χ3n) is 7.34. The van der Waals surface area contributed by atoms with E-state index in [1.54, 1.807) is 33.1 Å². The van der Waals surface area contributed by atoms with Crippen molar-refractivity contribution in [3.8, 4) is 5.75 Å². The largest absolute Gasteiger partial charge is 0.497 e. The number of amides is 2. The average molecular weight is 524 g/mol. The number of hydrogen-bond donors (Lipinski definition) is 4. The van der Waals surface area contributed by atoms with Gasteiger partial charge in [0.2, 0.25) is 11.8 Å². The Balaban J connectivity index is 1.55.